The molecule has 0 bridgehead atoms. The molecule has 0 aliphatic heterocycles. The van der Waals surface area contributed by atoms with Gasteiger partial charge in [-0.15, -0.1) is 0 Å². The molecule has 0 radical (unpaired) electrons. The molecule has 1 aromatic heterocycles. The van der Waals surface area contributed by atoms with Crippen molar-refractivity contribution < 1.29 is 4.74 Å². The lowest BCUT2D eigenvalue weighted by molar-refractivity contribution is 0.457. The molecule has 0 atom stereocenters. The lowest BCUT2D eigenvalue weighted by atomic mass is 10.1. The van der Waals surface area contributed by atoms with E-state index >= 15 is 0 Å². The lowest BCUT2D eigenvalue weighted by Crippen LogP contribution is -2.12. The van der Waals surface area contributed by atoms with Crippen LogP contribution >= 0.6 is 0 Å². The number of benzene rings is 1. The number of aryl methyl sites for hydroxylation is 3. The Labute approximate surface area is 121 Å². The zero-order chi connectivity index (χ0) is 14.5. The van der Waals surface area contributed by atoms with E-state index in [1.54, 1.807) is 0 Å². The van der Waals surface area contributed by atoms with Gasteiger partial charge in [-0.25, -0.2) is 4.98 Å². The first-order valence-corrected chi connectivity index (χ1v) is 7.01. The molecular weight excluding hydrogens is 248 g/mol. The van der Waals surface area contributed by atoms with Crippen molar-refractivity contribution in [2.75, 3.05) is 6.54 Å². The normalized spacial score (nSPS) is 10.6. The predicted molar refractivity (Wildman–Crippen MR) is 82.3 cm³/mol. The highest BCUT2D eigenvalue weighted by Gasteiger charge is 2.05. The maximum absolute atomic E-state index is 5.87. The fourth-order valence-electron chi connectivity index (χ4n) is 1.98. The zero-order valence-electron chi connectivity index (χ0n) is 12.7. The van der Waals surface area contributed by atoms with Crippen LogP contribution < -0.4 is 10.1 Å². The van der Waals surface area contributed by atoms with Crippen molar-refractivity contribution in [1.82, 2.24) is 10.3 Å². The number of nitrogens with one attached hydrogen (secondary N) is 1. The van der Waals surface area contributed by atoms with E-state index in [2.05, 4.69) is 43.2 Å². The first-order valence-electron chi connectivity index (χ1n) is 7.01. The number of rotatable bonds is 5. The van der Waals surface area contributed by atoms with Crippen LogP contribution in [0.25, 0.3) is 0 Å². The summed E-state index contributed by atoms with van der Waals surface area (Å²) in [6, 6.07) is 8.21. The van der Waals surface area contributed by atoms with Crippen molar-refractivity contribution in [2.24, 2.45) is 0 Å². The molecule has 0 spiro atoms. The summed E-state index contributed by atoms with van der Waals surface area (Å²) in [5.74, 6) is 1.51. The molecule has 0 amide bonds. The number of aromatic nitrogens is 1. The summed E-state index contributed by atoms with van der Waals surface area (Å²) in [7, 11) is 0. The summed E-state index contributed by atoms with van der Waals surface area (Å²) < 4.78 is 5.87. The van der Waals surface area contributed by atoms with E-state index in [-0.39, 0.29) is 0 Å². The molecule has 1 heterocycles. The van der Waals surface area contributed by atoms with Crippen LogP contribution in [0.4, 0.5) is 0 Å². The maximum atomic E-state index is 5.87. The van der Waals surface area contributed by atoms with Crippen molar-refractivity contribution in [1.29, 1.82) is 0 Å². The van der Waals surface area contributed by atoms with Gasteiger partial charge in [0.25, 0.3) is 0 Å². The zero-order valence-corrected chi connectivity index (χ0v) is 12.7. The van der Waals surface area contributed by atoms with Gasteiger partial charge >= 0.3 is 0 Å². The Morgan fingerprint density at radius 1 is 1.05 bits per heavy atom. The van der Waals surface area contributed by atoms with Gasteiger partial charge < -0.3 is 10.1 Å². The summed E-state index contributed by atoms with van der Waals surface area (Å²) in [6.45, 7) is 10.1. The van der Waals surface area contributed by atoms with Crippen LogP contribution in [-0.4, -0.2) is 11.5 Å². The minimum Gasteiger partial charge on any atom is -0.439 e. The van der Waals surface area contributed by atoms with Crippen LogP contribution in [0.2, 0.25) is 0 Å². The van der Waals surface area contributed by atoms with Gasteiger partial charge in [-0.2, -0.15) is 0 Å². The summed E-state index contributed by atoms with van der Waals surface area (Å²) in [6.07, 6.45) is 1.87. The Balaban J connectivity index is 2.14. The third-order valence-electron chi connectivity index (χ3n) is 3.36. The Bertz CT molecular complexity index is 594. The standard InChI is InChI=1S/C17H22N2O/c1-5-18-10-15-8-14(4)17(19-11-15)20-16-7-6-12(2)13(3)9-16/h6-9,11,18H,5,10H2,1-4H3. The highest BCUT2D eigenvalue weighted by atomic mass is 16.5. The molecule has 0 saturated heterocycles. The number of ether oxygens (including phenoxy) is 1. The van der Waals surface area contributed by atoms with E-state index in [9.17, 15) is 0 Å². The second-order valence-electron chi connectivity index (χ2n) is 5.09. The molecule has 1 N–H and O–H groups in total. The Morgan fingerprint density at radius 3 is 2.50 bits per heavy atom. The van der Waals surface area contributed by atoms with Crippen molar-refractivity contribution in [3.8, 4) is 11.6 Å². The van der Waals surface area contributed by atoms with Crippen molar-refractivity contribution in [3.63, 3.8) is 0 Å². The number of hydrogen-bond donors (Lipinski definition) is 1. The quantitative estimate of drug-likeness (QED) is 0.894. The summed E-state index contributed by atoms with van der Waals surface area (Å²) in [4.78, 5) is 4.42. The number of hydrogen-bond acceptors (Lipinski definition) is 3. The second kappa shape index (κ2) is 6.53. The molecule has 2 aromatic rings. The van der Waals surface area contributed by atoms with Crippen LogP contribution in [0.1, 0.15) is 29.2 Å². The van der Waals surface area contributed by atoms with Crippen molar-refractivity contribution in [3.05, 3.63) is 52.7 Å². The van der Waals surface area contributed by atoms with Crippen LogP contribution in [0.5, 0.6) is 11.6 Å². The molecule has 0 aliphatic carbocycles. The van der Waals surface area contributed by atoms with Gasteiger partial charge in [-0.05, 0) is 62.2 Å². The van der Waals surface area contributed by atoms with Crippen LogP contribution in [-0.2, 0) is 6.54 Å². The molecular formula is C17H22N2O. The average molecular weight is 270 g/mol. The predicted octanol–water partition coefficient (Wildman–Crippen LogP) is 3.91. The Hall–Kier alpha value is -1.87. The minimum absolute atomic E-state index is 0.675. The fraction of sp³-hybridized carbons (Fsp3) is 0.353. The van der Waals surface area contributed by atoms with Gasteiger partial charge in [-0.3, -0.25) is 0 Å². The van der Waals surface area contributed by atoms with E-state index in [4.69, 9.17) is 4.74 Å². The highest BCUT2D eigenvalue weighted by Crippen LogP contribution is 2.25. The van der Waals surface area contributed by atoms with Crippen molar-refractivity contribution in [2.45, 2.75) is 34.2 Å². The van der Waals surface area contributed by atoms with Gasteiger partial charge in [0.05, 0.1) is 0 Å². The average Bonchev–Trinajstić information content (AvgIpc) is 2.43. The fourth-order valence-corrected chi connectivity index (χ4v) is 1.98. The molecule has 0 aliphatic rings. The van der Waals surface area contributed by atoms with Crippen LogP contribution in [0.15, 0.2) is 30.5 Å². The summed E-state index contributed by atoms with van der Waals surface area (Å²) in [5.41, 5.74) is 4.72. The number of nitrogens with zero attached hydrogens (tertiary/aromatic N) is 1. The molecule has 20 heavy (non-hydrogen) atoms. The minimum atomic E-state index is 0.675. The molecule has 3 heteroatoms. The Morgan fingerprint density at radius 2 is 1.85 bits per heavy atom. The van der Waals surface area contributed by atoms with Gasteiger partial charge in [-0.1, -0.05) is 13.0 Å². The first-order chi connectivity index (χ1) is 9.60. The van der Waals surface area contributed by atoms with Crippen molar-refractivity contribution >= 4 is 0 Å². The van der Waals surface area contributed by atoms with E-state index < -0.39 is 0 Å². The molecule has 0 unspecified atom stereocenters. The molecule has 1 aromatic carbocycles. The topological polar surface area (TPSA) is 34.2 Å². The molecule has 106 valence electrons. The molecule has 0 fully saturated rings. The largest absolute Gasteiger partial charge is 0.439 e. The molecule has 2 rings (SSSR count). The van der Waals surface area contributed by atoms with Gasteiger partial charge in [0, 0.05) is 18.3 Å². The lowest BCUT2D eigenvalue weighted by Gasteiger charge is -2.10. The molecule has 3 nitrogen and oxygen atoms in total. The number of pyridine rings is 1. The summed E-state index contributed by atoms with van der Waals surface area (Å²) >= 11 is 0. The van der Waals surface area contributed by atoms with Gasteiger partial charge in [0.1, 0.15) is 5.75 Å². The summed E-state index contributed by atoms with van der Waals surface area (Å²) in [5, 5.41) is 3.29. The van der Waals surface area contributed by atoms with E-state index in [1.807, 2.05) is 25.3 Å². The highest BCUT2D eigenvalue weighted by molar-refractivity contribution is 5.38. The van der Waals surface area contributed by atoms with E-state index in [1.165, 1.54) is 16.7 Å². The SMILES string of the molecule is CCNCc1cnc(Oc2ccc(C)c(C)c2)c(C)c1. The second-order valence-corrected chi connectivity index (χ2v) is 5.09. The van der Waals surface area contributed by atoms with E-state index in [0.717, 1.165) is 24.4 Å². The van der Waals surface area contributed by atoms with E-state index in [0.29, 0.717) is 5.88 Å². The van der Waals surface area contributed by atoms with Crippen LogP contribution in [0, 0.1) is 20.8 Å². The van der Waals surface area contributed by atoms with Crippen LogP contribution in [0.3, 0.4) is 0 Å². The smallest absolute Gasteiger partial charge is 0.222 e. The van der Waals surface area contributed by atoms with Gasteiger partial charge in [0.15, 0.2) is 0 Å². The Kier molecular flexibility index (Phi) is 4.74. The third-order valence-corrected chi connectivity index (χ3v) is 3.36. The van der Waals surface area contributed by atoms with Gasteiger partial charge in [0.2, 0.25) is 5.88 Å². The maximum Gasteiger partial charge on any atom is 0.222 e. The first kappa shape index (κ1) is 14.5. The third kappa shape index (κ3) is 3.58. The monoisotopic (exact) mass is 270 g/mol. The molecule has 0 saturated carbocycles.